The van der Waals surface area contributed by atoms with Crippen LogP contribution in [0, 0.1) is 0 Å². The Kier molecular flexibility index (Phi) is 11.2. The SMILES string of the molecule is O=S(=O)(ON=C(c1ccc(OCCCOc2ccc(C(=NOS(=O)(=O)C(F)(F)F)C(F)(F)F)cc2)cc1)C(F)(F)F)C(F)(F)F. The Balaban J connectivity index is 1.98. The van der Waals surface area contributed by atoms with E-state index in [0.717, 1.165) is 24.3 Å². The van der Waals surface area contributed by atoms with Gasteiger partial charge in [-0.25, -0.2) is 0 Å². The monoisotopic (exact) mass is 714 g/mol. The third kappa shape index (κ3) is 10.6. The second-order valence-electron chi connectivity index (χ2n) is 7.92. The number of oxime groups is 2. The number of ether oxygens (including phenoxy) is 2. The molecule has 252 valence electrons. The lowest BCUT2D eigenvalue weighted by molar-refractivity contribution is -0.0636. The molecule has 0 heterocycles. The first-order valence-electron chi connectivity index (χ1n) is 11.1. The van der Waals surface area contributed by atoms with Crippen molar-refractivity contribution >= 4 is 31.7 Å². The lowest BCUT2D eigenvalue weighted by Gasteiger charge is -2.13. The second-order valence-corrected chi connectivity index (χ2v) is 11.0. The molecule has 0 aliphatic heterocycles. The highest BCUT2D eigenvalue weighted by Crippen LogP contribution is 2.30. The van der Waals surface area contributed by atoms with Gasteiger partial charge in [-0.05, 0) is 48.5 Å². The smallest absolute Gasteiger partial charge is 0.493 e. The molecule has 2 aromatic rings. The van der Waals surface area contributed by atoms with Crippen molar-refractivity contribution < 1.29 is 87.6 Å². The van der Waals surface area contributed by atoms with Gasteiger partial charge in [-0.1, -0.05) is 10.3 Å². The molecule has 2 rings (SSSR count). The topological polar surface area (TPSA) is 130 Å². The third-order valence-electron chi connectivity index (χ3n) is 4.64. The maximum Gasteiger partial charge on any atom is 0.536 e. The summed E-state index contributed by atoms with van der Waals surface area (Å²) < 4.78 is 213. The lowest BCUT2D eigenvalue weighted by Crippen LogP contribution is -2.28. The number of nitrogens with zero attached hydrogens (tertiary/aromatic N) is 2. The molecule has 0 spiro atoms. The molecule has 0 amide bonds. The first-order chi connectivity index (χ1) is 20.4. The molecule has 24 heteroatoms. The summed E-state index contributed by atoms with van der Waals surface area (Å²) in [5, 5.41) is 4.19. The molecule has 0 fully saturated rings. The van der Waals surface area contributed by atoms with Gasteiger partial charge in [-0.3, -0.25) is 8.57 Å². The molecule has 0 saturated heterocycles. The first kappa shape index (κ1) is 37.2. The van der Waals surface area contributed by atoms with Crippen LogP contribution in [-0.2, 0) is 28.8 Å². The van der Waals surface area contributed by atoms with Crippen LogP contribution in [0.1, 0.15) is 17.5 Å². The fraction of sp³-hybridized carbons (Fsp3) is 0.333. The third-order valence-corrected chi connectivity index (χ3v) is 6.31. The van der Waals surface area contributed by atoms with Gasteiger partial charge in [0.05, 0.1) is 13.2 Å². The van der Waals surface area contributed by atoms with Crippen molar-refractivity contribution in [3.8, 4) is 11.5 Å². The summed E-state index contributed by atoms with van der Waals surface area (Å²) >= 11 is 0. The molecule has 0 saturated carbocycles. The summed E-state index contributed by atoms with van der Waals surface area (Å²) in [5.74, 6) is -0.135. The highest BCUT2D eigenvalue weighted by atomic mass is 32.2. The van der Waals surface area contributed by atoms with Crippen molar-refractivity contribution in [1.82, 2.24) is 0 Å². The average molecular weight is 714 g/mol. The Hall–Kier alpha value is -3.96. The van der Waals surface area contributed by atoms with Crippen LogP contribution < -0.4 is 9.47 Å². The lowest BCUT2D eigenvalue weighted by atomic mass is 10.1. The van der Waals surface area contributed by atoms with Gasteiger partial charge in [0.2, 0.25) is 0 Å². The van der Waals surface area contributed by atoms with Crippen molar-refractivity contribution in [2.24, 2.45) is 10.3 Å². The van der Waals surface area contributed by atoms with Crippen LogP contribution in [0.4, 0.5) is 52.7 Å². The average Bonchev–Trinajstić information content (AvgIpc) is 2.87. The standard InChI is InChI=1S/C21H14F12N2O8S2/c22-18(23,24)16(34-42-44(36,37)20(28,29)30)12-2-6-14(7-3-12)40-10-1-11-41-15-8-4-13(5-9-15)17(19(25,26)27)35-43-45(38,39)21(31,32)33/h2-9H,1,10-11H2. The highest BCUT2D eigenvalue weighted by Gasteiger charge is 2.51. The highest BCUT2D eigenvalue weighted by molar-refractivity contribution is 7.87. The van der Waals surface area contributed by atoms with E-state index in [-0.39, 0.29) is 31.1 Å². The van der Waals surface area contributed by atoms with Gasteiger partial charge in [-0.2, -0.15) is 69.5 Å². The largest absolute Gasteiger partial charge is 0.536 e. The molecule has 0 N–H and O–H groups in total. The number of benzene rings is 2. The van der Waals surface area contributed by atoms with Gasteiger partial charge in [0, 0.05) is 17.5 Å². The number of rotatable bonds is 12. The Bertz CT molecular complexity index is 1460. The van der Waals surface area contributed by atoms with Crippen molar-refractivity contribution in [3.05, 3.63) is 59.7 Å². The Morgan fingerprint density at radius 2 is 0.822 bits per heavy atom. The zero-order valence-electron chi connectivity index (χ0n) is 21.3. The van der Waals surface area contributed by atoms with Gasteiger partial charge >= 0.3 is 43.6 Å². The number of alkyl halides is 12. The van der Waals surface area contributed by atoms with Crippen LogP contribution in [0.2, 0.25) is 0 Å². The molecule has 45 heavy (non-hydrogen) atoms. The van der Waals surface area contributed by atoms with E-state index in [1.807, 2.05) is 0 Å². The second kappa shape index (κ2) is 13.6. The number of hydrogen-bond donors (Lipinski definition) is 0. The van der Waals surface area contributed by atoms with E-state index in [2.05, 4.69) is 18.9 Å². The Morgan fingerprint density at radius 3 is 1.07 bits per heavy atom. The number of halogens is 12. The maximum atomic E-state index is 13.2. The van der Waals surface area contributed by atoms with Crippen molar-refractivity contribution in [2.45, 2.75) is 29.8 Å². The Labute approximate surface area is 244 Å². The van der Waals surface area contributed by atoms with Crippen molar-refractivity contribution in [3.63, 3.8) is 0 Å². The van der Waals surface area contributed by atoms with Crippen LogP contribution in [-0.4, -0.2) is 64.8 Å². The van der Waals surface area contributed by atoms with Gasteiger partial charge in [0.25, 0.3) is 0 Å². The van der Waals surface area contributed by atoms with Crippen LogP contribution >= 0.6 is 0 Å². The molecule has 0 radical (unpaired) electrons. The van der Waals surface area contributed by atoms with Crippen molar-refractivity contribution in [2.75, 3.05) is 13.2 Å². The molecule has 0 aliphatic carbocycles. The van der Waals surface area contributed by atoms with Crippen LogP contribution in [0.5, 0.6) is 11.5 Å². The van der Waals surface area contributed by atoms with Crippen molar-refractivity contribution in [1.29, 1.82) is 0 Å². The Morgan fingerprint density at radius 1 is 0.533 bits per heavy atom. The fourth-order valence-corrected chi connectivity index (χ4v) is 3.16. The van der Waals surface area contributed by atoms with Crippen LogP contribution in [0.15, 0.2) is 58.8 Å². The summed E-state index contributed by atoms with van der Waals surface area (Å²) in [6, 6.07) is 6.46. The zero-order valence-corrected chi connectivity index (χ0v) is 22.9. The van der Waals surface area contributed by atoms with E-state index in [4.69, 9.17) is 9.47 Å². The van der Waals surface area contributed by atoms with E-state index in [9.17, 15) is 69.5 Å². The number of hydrogen-bond acceptors (Lipinski definition) is 10. The summed E-state index contributed by atoms with van der Waals surface area (Å²) in [7, 11) is -12.9. The minimum Gasteiger partial charge on any atom is -0.493 e. The fourth-order valence-electron chi connectivity index (χ4n) is 2.65. The van der Waals surface area contributed by atoms with Crippen LogP contribution in [0.25, 0.3) is 0 Å². The van der Waals surface area contributed by atoms with E-state index < -0.39 is 66.2 Å². The van der Waals surface area contributed by atoms with E-state index in [0.29, 0.717) is 24.3 Å². The van der Waals surface area contributed by atoms with E-state index in [1.165, 1.54) is 0 Å². The van der Waals surface area contributed by atoms with Gasteiger partial charge in [-0.15, -0.1) is 0 Å². The molecule has 0 aromatic heterocycles. The van der Waals surface area contributed by atoms with Gasteiger partial charge < -0.3 is 9.47 Å². The van der Waals surface area contributed by atoms with Crippen LogP contribution in [0.3, 0.4) is 0 Å². The minimum atomic E-state index is -6.46. The molecule has 0 unspecified atom stereocenters. The first-order valence-corrected chi connectivity index (χ1v) is 13.9. The molecule has 0 bridgehead atoms. The summed E-state index contributed by atoms with van der Waals surface area (Å²) in [6.07, 6.45) is -10.8. The molecular weight excluding hydrogens is 700 g/mol. The molecular formula is C21H14F12N2O8S2. The van der Waals surface area contributed by atoms with E-state index in [1.54, 1.807) is 0 Å². The van der Waals surface area contributed by atoms with Gasteiger partial charge in [0.15, 0.2) is 11.4 Å². The minimum absolute atomic E-state index is 0.0559. The molecule has 2 aromatic carbocycles. The molecule has 0 atom stereocenters. The predicted octanol–water partition coefficient (Wildman–Crippen LogP) is 5.80. The molecule has 10 nitrogen and oxygen atoms in total. The summed E-state index contributed by atoms with van der Waals surface area (Å²) in [5.41, 5.74) is -18.0. The maximum absolute atomic E-state index is 13.2. The zero-order chi connectivity index (χ0) is 34.5. The summed E-state index contributed by atoms with van der Waals surface area (Å²) in [6.45, 7) is -0.332. The quantitative estimate of drug-likeness (QED) is 0.0888. The van der Waals surface area contributed by atoms with Gasteiger partial charge in [0.1, 0.15) is 11.5 Å². The molecule has 0 aliphatic rings. The van der Waals surface area contributed by atoms with E-state index >= 15 is 0 Å². The predicted molar refractivity (Wildman–Crippen MR) is 126 cm³/mol. The normalized spacial score (nSPS) is 14.2. The summed E-state index contributed by atoms with van der Waals surface area (Å²) in [4.78, 5) is 0.